The summed E-state index contributed by atoms with van der Waals surface area (Å²) < 4.78 is 10.5. The van der Waals surface area contributed by atoms with Gasteiger partial charge in [-0.05, 0) is 36.8 Å². The highest BCUT2D eigenvalue weighted by Crippen LogP contribution is 2.31. The number of nitrogens with one attached hydrogen (secondary N) is 1. The predicted molar refractivity (Wildman–Crippen MR) is 90.1 cm³/mol. The Kier molecular flexibility index (Phi) is 5.72. The number of methoxy groups -OCH3 is 2. The van der Waals surface area contributed by atoms with Crippen LogP contribution in [0.2, 0.25) is 0 Å². The lowest BCUT2D eigenvalue weighted by atomic mass is 10.2. The third-order valence-corrected chi connectivity index (χ3v) is 4.14. The van der Waals surface area contributed by atoms with Gasteiger partial charge in [-0.2, -0.15) is 0 Å². The molecule has 0 unspecified atom stereocenters. The molecule has 0 spiro atoms. The summed E-state index contributed by atoms with van der Waals surface area (Å²) in [5.41, 5.74) is 1.90. The molecule has 0 aliphatic rings. The number of hydrogen-bond donors (Lipinski definition) is 1. The molecule has 0 aliphatic carbocycles. The second-order valence-corrected chi connectivity index (χ2v) is 5.72. The Morgan fingerprint density at radius 2 is 1.82 bits per heavy atom. The molecule has 4 nitrogen and oxygen atoms in total. The molecule has 0 saturated carbocycles. The van der Waals surface area contributed by atoms with Crippen LogP contribution in [0.1, 0.15) is 5.56 Å². The van der Waals surface area contributed by atoms with Crippen LogP contribution in [0.25, 0.3) is 0 Å². The summed E-state index contributed by atoms with van der Waals surface area (Å²) in [5.74, 6) is 1.64. The number of rotatable bonds is 6. The summed E-state index contributed by atoms with van der Waals surface area (Å²) in [6.45, 7) is 1.97. The molecule has 2 aromatic rings. The van der Waals surface area contributed by atoms with Crippen LogP contribution in [0.4, 0.5) is 5.69 Å². The van der Waals surface area contributed by atoms with Crippen LogP contribution in [0.5, 0.6) is 11.5 Å². The third-order valence-electron chi connectivity index (χ3n) is 3.14. The number of aryl methyl sites for hydroxylation is 1. The van der Waals surface area contributed by atoms with Crippen molar-refractivity contribution in [3.8, 4) is 11.5 Å². The summed E-state index contributed by atoms with van der Waals surface area (Å²) in [4.78, 5) is 13.0. The zero-order chi connectivity index (χ0) is 15.9. The van der Waals surface area contributed by atoms with Gasteiger partial charge in [-0.25, -0.2) is 0 Å². The number of hydrogen-bond acceptors (Lipinski definition) is 4. The fraction of sp³-hybridized carbons (Fsp3) is 0.235. The van der Waals surface area contributed by atoms with E-state index in [4.69, 9.17) is 9.47 Å². The van der Waals surface area contributed by atoms with E-state index in [0.29, 0.717) is 17.3 Å². The number of ether oxygens (including phenoxy) is 2. The van der Waals surface area contributed by atoms with Gasteiger partial charge in [0.1, 0.15) is 0 Å². The lowest BCUT2D eigenvalue weighted by Gasteiger charge is -2.10. The second kappa shape index (κ2) is 7.75. The number of thioether (sulfide) groups is 1. The first-order valence-electron chi connectivity index (χ1n) is 6.84. The molecule has 0 aliphatic heterocycles. The van der Waals surface area contributed by atoms with Crippen molar-refractivity contribution in [2.45, 2.75) is 11.8 Å². The molecule has 0 fully saturated rings. The van der Waals surface area contributed by atoms with E-state index in [1.165, 1.54) is 11.8 Å². The van der Waals surface area contributed by atoms with E-state index >= 15 is 0 Å². The Morgan fingerprint density at radius 1 is 1.09 bits per heavy atom. The van der Waals surface area contributed by atoms with Gasteiger partial charge in [0.25, 0.3) is 0 Å². The van der Waals surface area contributed by atoms with Crippen LogP contribution in [-0.2, 0) is 4.79 Å². The normalized spacial score (nSPS) is 10.1. The molecule has 22 heavy (non-hydrogen) atoms. The maximum absolute atomic E-state index is 12.0. The minimum Gasteiger partial charge on any atom is -0.493 e. The standard InChI is InChI=1S/C17H19NO3S/c1-12-6-4-5-7-14(12)18-17(19)11-22-13-8-9-15(20-2)16(10-13)21-3/h4-10H,11H2,1-3H3,(H,18,19). The molecule has 2 rings (SSSR count). The highest BCUT2D eigenvalue weighted by Gasteiger charge is 2.08. The average Bonchev–Trinajstić information content (AvgIpc) is 2.54. The van der Waals surface area contributed by atoms with Crippen molar-refractivity contribution in [1.29, 1.82) is 0 Å². The van der Waals surface area contributed by atoms with E-state index in [9.17, 15) is 4.79 Å². The maximum Gasteiger partial charge on any atom is 0.234 e. The minimum absolute atomic E-state index is 0.0333. The van der Waals surface area contributed by atoms with Crippen LogP contribution in [0, 0.1) is 6.92 Å². The van der Waals surface area contributed by atoms with Gasteiger partial charge in [-0.15, -0.1) is 11.8 Å². The summed E-state index contributed by atoms with van der Waals surface area (Å²) in [6.07, 6.45) is 0. The Bertz CT molecular complexity index is 658. The molecular formula is C17H19NO3S. The van der Waals surface area contributed by atoms with Crippen LogP contribution < -0.4 is 14.8 Å². The lowest BCUT2D eigenvalue weighted by Crippen LogP contribution is -2.14. The number of anilines is 1. The van der Waals surface area contributed by atoms with Gasteiger partial charge in [-0.1, -0.05) is 18.2 Å². The van der Waals surface area contributed by atoms with Crippen molar-refractivity contribution in [3.63, 3.8) is 0 Å². The zero-order valence-electron chi connectivity index (χ0n) is 12.9. The van der Waals surface area contributed by atoms with Crippen molar-refractivity contribution in [3.05, 3.63) is 48.0 Å². The Morgan fingerprint density at radius 3 is 2.50 bits per heavy atom. The van der Waals surface area contributed by atoms with Gasteiger partial charge < -0.3 is 14.8 Å². The molecule has 0 heterocycles. The fourth-order valence-corrected chi connectivity index (χ4v) is 2.68. The Hall–Kier alpha value is -2.14. The first kappa shape index (κ1) is 16.2. The second-order valence-electron chi connectivity index (χ2n) is 4.67. The maximum atomic E-state index is 12.0. The van der Waals surface area contributed by atoms with Crippen LogP contribution in [-0.4, -0.2) is 25.9 Å². The number of carbonyl (C=O) groups is 1. The lowest BCUT2D eigenvalue weighted by molar-refractivity contribution is -0.113. The molecule has 116 valence electrons. The van der Waals surface area contributed by atoms with Gasteiger partial charge in [0.05, 0.1) is 20.0 Å². The van der Waals surface area contributed by atoms with Gasteiger partial charge in [-0.3, -0.25) is 4.79 Å². The zero-order valence-corrected chi connectivity index (χ0v) is 13.7. The summed E-state index contributed by atoms with van der Waals surface area (Å²) in [6, 6.07) is 13.3. The van der Waals surface area contributed by atoms with Crippen molar-refractivity contribution in [2.75, 3.05) is 25.3 Å². The van der Waals surface area contributed by atoms with Gasteiger partial charge in [0.15, 0.2) is 11.5 Å². The average molecular weight is 317 g/mol. The molecule has 0 saturated heterocycles. The first-order chi connectivity index (χ1) is 10.6. The summed E-state index contributed by atoms with van der Waals surface area (Å²) >= 11 is 1.45. The number of carbonyl (C=O) groups excluding carboxylic acids is 1. The molecule has 0 atom stereocenters. The van der Waals surface area contributed by atoms with Gasteiger partial charge >= 0.3 is 0 Å². The number of para-hydroxylation sites is 1. The van der Waals surface area contributed by atoms with Crippen LogP contribution in [0.15, 0.2) is 47.4 Å². The minimum atomic E-state index is -0.0333. The molecule has 0 bridgehead atoms. The summed E-state index contributed by atoms with van der Waals surface area (Å²) in [7, 11) is 3.19. The predicted octanol–water partition coefficient (Wildman–Crippen LogP) is 3.74. The molecule has 1 amide bonds. The van der Waals surface area contributed by atoms with Crippen molar-refractivity contribution < 1.29 is 14.3 Å². The quantitative estimate of drug-likeness (QED) is 0.825. The topological polar surface area (TPSA) is 47.6 Å². The molecular weight excluding hydrogens is 298 g/mol. The SMILES string of the molecule is COc1ccc(SCC(=O)Nc2ccccc2C)cc1OC. The monoisotopic (exact) mass is 317 g/mol. The molecule has 2 aromatic carbocycles. The Balaban J connectivity index is 1.95. The van der Waals surface area contributed by atoms with E-state index in [0.717, 1.165) is 16.1 Å². The van der Waals surface area contributed by atoms with E-state index in [1.807, 2.05) is 49.4 Å². The van der Waals surface area contributed by atoms with Crippen molar-refractivity contribution >= 4 is 23.4 Å². The molecule has 1 N–H and O–H groups in total. The largest absolute Gasteiger partial charge is 0.493 e. The highest BCUT2D eigenvalue weighted by atomic mass is 32.2. The third kappa shape index (κ3) is 4.18. The van der Waals surface area contributed by atoms with Crippen LogP contribution in [0.3, 0.4) is 0 Å². The smallest absolute Gasteiger partial charge is 0.234 e. The highest BCUT2D eigenvalue weighted by molar-refractivity contribution is 8.00. The number of amides is 1. The van der Waals surface area contributed by atoms with E-state index in [2.05, 4.69) is 5.32 Å². The molecule has 0 aromatic heterocycles. The molecule has 0 radical (unpaired) electrons. The van der Waals surface area contributed by atoms with Crippen molar-refractivity contribution in [2.24, 2.45) is 0 Å². The first-order valence-corrected chi connectivity index (χ1v) is 7.83. The van der Waals surface area contributed by atoms with Crippen molar-refractivity contribution in [1.82, 2.24) is 0 Å². The summed E-state index contributed by atoms with van der Waals surface area (Å²) in [5, 5.41) is 2.92. The van der Waals surface area contributed by atoms with E-state index in [-0.39, 0.29) is 5.91 Å². The van der Waals surface area contributed by atoms with E-state index < -0.39 is 0 Å². The van der Waals surface area contributed by atoms with Gasteiger partial charge in [0.2, 0.25) is 5.91 Å². The molecule has 5 heteroatoms. The fourth-order valence-electron chi connectivity index (χ4n) is 1.95. The Labute approximate surface area is 134 Å². The van der Waals surface area contributed by atoms with Gasteiger partial charge in [0, 0.05) is 10.6 Å². The van der Waals surface area contributed by atoms with Crippen LogP contribution >= 0.6 is 11.8 Å². The van der Waals surface area contributed by atoms with E-state index in [1.54, 1.807) is 14.2 Å². The number of benzene rings is 2.